The molecule has 1 atom stereocenters. The van der Waals surface area contributed by atoms with Gasteiger partial charge in [0.15, 0.2) is 0 Å². The van der Waals surface area contributed by atoms with E-state index in [1.165, 1.54) is 31.3 Å². The summed E-state index contributed by atoms with van der Waals surface area (Å²) in [6.45, 7) is 7.48. The molecule has 1 unspecified atom stereocenters. The van der Waals surface area contributed by atoms with Crippen LogP contribution in [0.25, 0.3) is 0 Å². The highest BCUT2D eigenvalue weighted by Crippen LogP contribution is 2.18. The number of nitrogens with zero attached hydrogens (tertiary/aromatic N) is 1. The lowest BCUT2D eigenvalue weighted by Crippen LogP contribution is -2.14. The molecule has 1 heterocycles. The van der Waals surface area contributed by atoms with Crippen LogP contribution in [0.4, 0.5) is 0 Å². The molecule has 1 aliphatic heterocycles. The lowest BCUT2D eigenvalue weighted by molar-refractivity contribution is 0.457. The van der Waals surface area contributed by atoms with Gasteiger partial charge in [-0.1, -0.05) is 18.9 Å². The summed E-state index contributed by atoms with van der Waals surface area (Å²) in [6, 6.07) is 0. The quantitative estimate of drug-likeness (QED) is 0.717. The van der Waals surface area contributed by atoms with Gasteiger partial charge in [0.25, 0.3) is 0 Å². The van der Waals surface area contributed by atoms with E-state index in [2.05, 4.69) is 30.4 Å². The maximum Gasteiger partial charge on any atom is 0.0971 e. The van der Waals surface area contributed by atoms with Gasteiger partial charge in [-0.05, 0) is 39.0 Å². The molecule has 0 saturated heterocycles. The van der Waals surface area contributed by atoms with Gasteiger partial charge in [-0.15, -0.1) is 0 Å². The van der Waals surface area contributed by atoms with Gasteiger partial charge < -0.3 is 5.32 Å². The fourth-order valence-electron chi connectivity index (χ4n) is 1.78. The standard InChI is InChI=1S/C12H22N2/c1-4-5-12-7-6-10(2)8-13-11(3)14-9-12/h8,12H,4-7,9H2,1-3H3,(H,13,14)/b10-8+. The Bertz CT molecular complexity index is 228. The summed E-state index contributed by atoms with van der Waals surface area (Å²) in [5.41, 5.74) is 1.43. The predicted molar refractivity (Wildman–Crippen MR) is 62.5 cm³/mol. The van der Waals surface area contributed by atoms with E-state index in [9.17, 15) is 0 Å². The highest BCUT2D eigenvalue weighted by atomic mass is 15.0. The van der Waals surface area contributed by atoms with E-state index in [-0.39, 0.29) is 0 Å². The Kier molecular flexibility index (Phi) is 4.71. The third-order valence-electron chi connectivity index (χ3n) is 2.76. The first-order chi connectivity index (χ1) is 6.72. The van der Waals surface area contributed by atoms with E-state index in [1.54, 1.807) is 0 Å². The van der Waals surface area contributed by atoms with Crippen LogP contribution in [0.15, 0.2) is 16.8 Å². The number of rotatable bonds is 2. The monoisotopic (exact) mass is 194 g/mol. The molecule has 0 saturated carbocycles. The van der Waals surface area contributed by atoms with Crippen molar-refractivity contribution in [1.82, 2.24) is 5.32 Å². The molecular weight excluding hydrogens is 172 g/mol. The molecule has 0 aromatic heterocycles. The minimum atomic E-state index is 0.776. The minimum Gasteiger partial charge on any atom is -0.351 e. The second-order valence-corrected chi connectivity index (χ2v) is 4.25. The van der Waals surface area contributed by atoms with Gasteiger partial charge in [0.05, 0.1) is 5.84 Å². The van der Waals surface area contributed by atoms with Gasteiger partial charge in [-0.3, -0.25) is 4.99 Å². The molecule has 0 spiro atoms. The molecule has 0 aromatic rings. The lowest BCUT2D eigenvalue weighted by Gasteiger charge is -2.12. The third-order valence-corrected chi connectivity index (χ3v) is 2.76. The number of nitrogens with one attached hydrogen (secondary N) is 1. The van der Waals surface area contributed by atoms with E-state index >= 15 is 0 Å². The number of allylic oxidation sites excluding steroid dienone is 1. The summed E-state index contributed by atoms with van der Waals surface area (Å²) >= 11 is 0. The van der Waals surface area contributed by atoms with E-state index in [0.717, 1.165) is 18.3 Å². The topological polar surface area (TPSA) is 24.4 Å². The Morgan fingerprint density at radius 3 is 3.00 bits per heavy atom. The van der Waals surface area contributed by atoms with Crippen molar-refractivity contribution >= 4 is 5.84 Å². The number of amidine groups is 1. The van der Waals surface area contributed by atoms with Crippen molar-refractivity contribution in [2.24, 2.45) is 10.9 Å². The molecule has 0 radical (unpaired) electrons. The average molecular weight is 194 g/mol. The highest BCUT2D eigenvalue weighted by Gasteiger charge is 2.08. The van der Waals surface area contributed by atoms with Crippen LogP contribution >= 0.6 is 0 Å². The van der Waals surface area contributed by atoms with E-state index in [4.69, 9.17) is 0 Å². The van der Waals surface area contributed by atoms with Crippen molar-refractivity contribution in [2.75, 3.05) is 6.54 Å². The second kappa shape index (κ2) is 5.84. The summed E-state index contributed by atoms with van der Waals surface area (Å²) in [7, 11) is 0. The van der Waals surface area contributed by atoms with Crippen molar-refractivity contribution in [3.05, 3.63) is 11.8 Å². The number of hydrogen-bond donors (Lipinski definition) is 1. The summed E-state index contributed by atoms with van der Waals surface area (Å²) in [4.78, 5) is 4.54. The summed E-state index contributed by atoms with van der Waals surface area (Å²) in [5, 5.41) is 3.22. The van der Waals surface area contributed by atoms with Crippen LogP contribution in [0.3, 0.4) is 0 Å². The first-order valence-electron chi connectivity index (χ1n) is 5.65. The molecule has 0 bridgehead atoms. The van der Waals surface area contributed by atoms with Gasteiger partial charge >= 0.3 is 0 Å². The fourth-order valence-corrected chi connectivity index (χ4v) is 1.78. The van der Waals surface area contributed by atoms with Crippen LogP contribution in [0, 0.1) is 5.92 Å². The van der Waals surface area contributed by atoms with Crippen molar-refractivity contribution in [2.45, 2.75) is 46.5 Å². The highest BCUT2D eigenvalue weighted by molar-refractivity contribution is 5.80. The summed E-state index contributed by atoms with van der Waals surface area (Å²) in [6.07, 6.45) is 7.17. The molecule has 1 N–H and O–H groups in total. The van der Waals surface area contributed by atoms with E-state index < -0.39 is 0 Å². The van der Waals surface area contributed by atoms with Crippen LogP contribution in [-0.2, 0) is 0 Å². The molecule has 0 aromatic carbocycles. The lowest BCUT2D eigenvalue weighted by atomic mass is 9.96. The van der Waals surface area contributed by atoms with Gasteiger partial charge in [0.2, 0.25) is 0 Å². The molecule has 0 amide bonds. The Labute approximate surface area is 87.5 Å². The predicted octanol–water partition coefficient (Wildman–Crippen LogP) is 3.11. The summed E-state index contributed by atoms with van der Waals surface area (Å²) in [5.74, 6) is 1.82. The van der Waals surface area contributed by atoms with Gasteiger partial charge in [-0.25, -0.2) is 0 Å². The SMILES string of the molecule is CCCC1CC/C(C)=C/NC(C)=NC1. The van der Waals surface area contributed by atoms with Crippen molar-refractivity contribution < 1.29 is 0 Å². The smallest absolute Gasteiger partial charge is 0.0971 e. The third kappa shape index (κ3) is 3.95. The molecule has 0 fully saturated rings. The Morgan fingerprint density at radius 2 is 2.29 bits per heavy atom. The first-order valence-corrected chi connectivity index (χ1v) is 5.65. The van der Waals surface area contributed by atoms with Crippen molar-refractivity contribution in [1.29, 1.82) is 0 Å². The zero-order chi connectivity index (χ0) is 10.4. The van der Waals surface area contributed by atoms with Crippen LogP contribution in [0.5, 0.6) is 0 Å². The Hall–Kier alpha value is -0.790. The maximum absolute atomic E-state index is 4.54. The zero-order valence-corrected chi connectivity index (χ0v) is 9.64. The van der Waals surface area contributed by atoms with Crippen molar-refractivity contribution in [3.8, 4) is 0 Å². The molecule has 1 aliphatic rings. The number of hydrogen-bond acceptors (Lipinski definition) is 2. The Balaban J connectivity index is 2.58. The van der Waals surface area contributed by atoms with Crippen LogP contribution in [-0.4, -0.2) is 12.4 Å². The molecule has 0 aliphatic carbocycles. The largest absolute Gasteiger partial charge is 0.351 e. The average Bonchev–Trinajstić information content (AvgIpc) is 2.24. The van der Waals surface area contributed by atoms with Crippen molar-refractivity contribution in [3.63, 3.8) is 0 Å². The van der Waals surface area contributed by atoms with Gasteiger partial charge in [0, 0.05) is 12.7 Å². The maximum atomic E-state index is 4.54. The summed E-state index contributed by atoms with van der Waals surface area (Å²) < 4.78 is 0. The fraction of sp³-hybridized carbons (Fsp3) is 0.750. The van der Waals surface area contributed by atoms with Gasteiger partial charge in [0.1, 0.15) is 0 Å². The van der Waals surface area contributed by atoms with Crippen LogP contribution < -0.4 is 5.32 Å². The Morgan fingerprint density at radius 1 is 1.50 bits per heavy atom. The molecular formula is C12H22N2. The minimum absolute atomic E-state index is 0.776. The second-order valence-electron chi connectivity index (χ2n) is 4.25. The van der Waals surface area contributed by atoms with E-state index in [1.807, 2.05) is 6.92 Å². The van der Waals surface area contributed by atoms with E-state index in [0.29, 0.717) is 0 Å². The van der Waals surface area contributed by atoms with Crippen LogP contribution in [0.2, 0.25) is 0 Å². The van der Waals surface area contributed by atoms with Crippen LogP contribution in [0.1, 0.15) is 46.5 Å². The number of aliphatic imine (C=N–C) groups is 1. The zero-order valence-electron chi connectivity index (χ0n) is 9.64. The van der Waals surface area contributed by atoms with Gasteiger partial charge in [-0.2, -0.15) is 0 Å². The molecule has 80 valence electrons. The molecule has 1 rings (SSSR count). The first kappa shape index (κ1) is 11.3. The molecule has 2 heteroatoms. The molecule has 14 heavy (non-hydrogen) atoms. The molecule has 2 nitrogen and oxygen atoms in total. The normalized spacial score (nSPS) is 27.5.